The predicted molar refractivity (Wildman–Crippen MR) is 68.0 cm³/mol. The Labute approximate surface area is 103 Å². The highest BCUT2D eigenvalue weighted by atomic mass is 16.5. The minimum Gasteiger partial charge on any atom is -0.426 e. The van der Waals surface area contributed by atoms with Gasteiger partial charge in [0.25, 0.3) is 6.01 Å². The molecule has 0 aliphatic carbocycles. The number of rotatable bonds is 3. The number of aldehydes is 1. The Morgan fingerprint density at radius 2 is 2.00 bits per heavy atom. The lowest BCUT2D eigenvalue weighted by atomic mass is 10.2. The van der Waals surface area contributed by atoms with E-state index in [1.807, 2.05) is 24.3 Å². The van der Waals surface area contributed by atoms with Gasteiger partial charge >= 0.3 is 0 Å². The maximum atomic E-state index is 10.7. The Morgan fingerprint density at radius 1 is 1.11 bits per heavy atom. The summed E-state index contributed by atoms with van der Waals surface area (Å²) in [6, 6.07) is 15.0. The van der Waals surface area contributed by atoms with Crippen molar-refractivity contribution < 1.29 is 9.53 Å². The molecule has 0 aliphatic heterocycles. The average Bonchev–Trinajstić information content (AvgIpc) is 2.81. The second kappa shape index (κ2) is 4.33. The topological polar surface area (TPSA) is 55.0 Å². The van der Waals surface area contributed by atoms with Gasteiger partial charge < -0.3 is 9.72 Å². The number of carbonyl (C=O) groups excluding carboxylic acids is 1. The molecular weight excluding hydrogens is 228 g/mol. The molecule has 0 unspecified atom stereocenters. The summed E-state index contributed by atoms with van der Waals surface area (Å²) in [5.74, 6) is 0.582. The van der Waals surface area contributed by atoms with Gasteiger partial charge in [0, 0.05) is 5.56 Å². The number of hydrogen-bond donors (Lipinski definition) is 1. The molecule has 1 heterocycles. The maximum Gasteiger partial charge on any atom is 0.300 e. The van der Waals surface area contributed by atoms with Crippen molar-refractivity contribution in [3.05, 3.63) is 54.1 Å². The highest BCUT2D eigenvalue weighted by molar-refractivity contribution is 5.76. The van der Waals surface area contributed by atoms with Crippen LogP contribution in [-0.2, 0) is 0 Å². The van der Waals surface area contributed by atoms with Crippen LogP contribution < -0.4 is 4.74 Å². The molecule has 0 saturated heterocycles. The Bertz CT molecular complexity index is 671. The normalized spacial score (nSPS) is 10.4. The van der Waals surface area contributed by atoms with Gasteiger partial charge in [-0.2, -0.15) is 4.98 Å². The number of para-hydroxylation sites is 2. The molecule has 0 spiro atoms. The van der Waals surface area contributed by atoms with Crippen LogP contribution in [0.3, 0.4) is 0 Å². The van der Waals surface area contributed by atoms with Crippen molar-refractivity contribution in [3.8, 4) is 11.8 Å². The predicted octanol–water partition coefficient (Wildman–Crippen LogP) is 3.17. The number of benzene rings is 2. The fraction of sp³-hybridized carbons (Fsp3) is 0. The van der Waals surface area contributed by atoms with Crippen LogP contribution in [0.15, 0.2) is 48.5 Å². The Morgan fingerprint density at radius 3 is 2.83 bits per heavy atom. The second-order valence-corrected chi connectivity index (χ2v) is 3.85. The summed E-state index contributed by atoms with van der Waals surface area (Å²) in [6.45, 7) is 0. The first-order valence-corrected chi connectivity index (χ1v) is 5.53. The third-order valence-electron chi connectivity index (χ3n) is 2.58. The van der Waals surface area contributed by atoms with Crippen molar-refractivity contribution in [1.29, 1.82) is 0 Å². The largest absolute Gasteiger partial charge is 0.426 e. The number of ether oxygens (including phenoxy) is 1. The minimum absolute atomic E-state index is 0.416. The number of aromatic nitrogens is 2. The molecule has 0 aliphatic rings. The van der Waals surface area contributed by atoms with Crippen LogP contribution in [0, 0.1) is 0 Å². The molecule has 0 radical (unpaired) electrons. The number of imidazole rings is 1. The van der Waals surface area contributed by atoms with Crippen LogP contribution in [0.2, 0.25) is 0 Å². The highest BCUT2D eigenvalue weighted by Crippen LogP contribution is 2.22. The molecule has 1 aromatic heterocycles. The van der Waals surface area contributed by atoms with Crippen molar-refractivity contribution in [3.63, 3.8) is 0 Å². The van der Waals surface area contributed by atoms with Crippen molar-refractivity contribution in [1.82, 2.24) is 9.97 Å². The fourth-order valence-corrected chi connectivity index (χ4v) is 1.74. The van der Waals surface area contributed by atoms with Crippen LogP contribution in [0.5, 0.6) is 11.8 Å². The van der Waals surface area contributed by atoms with E-state index in [9.17, 15) is 4.79 Å². The zero-order valence-electron chi connectivity index (χ0n) is 9.46. The summed E-state index contributed by atoms with van der Waals surface area (Å²) in [7, 11) is 0. The van der Waals surface area contributed by atoms with Gasteiger partial charge in [-0.3, -0.25) is 4.79 Å². The van der Waals surface area contributed by atoms with Crippen LogP contribution in [0.25, 0.3) is 11.0 Å². The Kier molecular flexibility index (Phi) is 2.53. The molecule has 1 N–H and O–H groups in total. The monoisotopic (exact) mass is 238 g/mol. The number of carbonyl (C=O) groups is 1. The minimum atomic E-state index is 0.416. The number of H-pyrrole nitrogens is 1. The molecule has 0 amide bonds. The Hall–Kier alpha value is -2.62. The van der Waals surface area contributed by atoms with Gasteiger partial charge in [0.2, 0.25) is 0 Å². The van der Waals surface area contributed by atoms with Crippen LogP contribution in [0.4, 0.5) is 0 Å². The molecule has 0 bridgehead atoms. The van der Waals surface area contributed by atoms with E-state index in [0.29, 0.717) is 17.3 Å². The smallest absolute Gasteiger partial charge is 0.300 e. The van der Waals surface area contributed by atoms with Crippen LogP contribution in [-0.4, -0.2) is 16.3 Å². The SMILES string of the molecule is O=Cc1cccc(Oc2nc3ccccc3[nH]2)c1. The van der Waals surface area contributed by atoms with E-state index < -0.39 is 0 Å². The summed E-state index contributed by atoms with van der Waals surface area (Å²) in [6.07, 6.45) is 0.783. The van der Waals surface area contributed by atoms with Gasteiger partial charge in [0.15, 0.2) is 0 Å². The zero-order chi connectivity index (χ0) is 12.4. The number of nitrogens with one attached hydrogen (secondary N) is 1. The maximum absolute atomic E-state index is 10.7. The highest BCUT2D eigenvalue weighted by Gasteiger charge is 2.04. The lowest BCUT2D eigenvalue weighted by Gasteiger charge is -2.01. The van der Waals surface area contributed by atoms with Crippen LogP contribution >= 0.6 is 0 Å². The van der Waals surface area contributed by atoms with E-state index in [1.54, 1.807) is 24.3 Å². The van der Waals surface area contributed by atoms with E-state index >= 15 is 0 Å². The number of fused-ring (bicyclic) bond motifs is 1. The zero-order valence-corrected chi connectivity index (χ0v) is 9.46. The molecule has 3 aromatic rings. The molecule has 3 rings (SSSR count). The first kappa shape index (κ1) is 10.5. The molecular formula is C14H10N2O2. The first-order valence-electron chi connectivity index (χ1n) is 5.53. The van der Waals surface area contributed by atoms with Gasteiger partial charge in [-0.25, -0.2) is 0 Å². The lowest BCUT2D eigenvalue weighted by molar-refractivity contribution is 0.112. The van der Waals surface area contributed by atoms with Crippen LogP contribution in [0.1, 0.15) is 10.4 Å². The molecule has 0 saturated carbocycles. The van der Waals surface area contributed by atoms with Crippen molar-refractivity contribution in [2.75, 3.05) is 0 Å². The lowest BCUT2D eigenvalue weighted by Crippen LogP contribution is -1.87. The van der Waals surface area contributed by atoms with E-state index in [4.69, 9.17) is 4.74 Å². The van der Waals surface area contributed by atoms with Gasteiger partial charge in [0.05, 0.1) is 11.0 Å². The van der Waals surface area contributed by atoms with Crippen molar-refractivity contribution in [2.45, 2.75) is 0 Å². The quantitative estimate of drug-likeness (QED) is 0.713. The number of nitrogens with zero attached hydrogens (tertiary/aromatic N) is 1. The molecule has 4 heteroatoms. The van der Waals surface area contributed by atoms with Gasteiger partial charge in [0.1, 0.15) is 12.0 Å². The van der Waals surface area contributed by atoms with Gasteiger partial charge in [-0.05, 0) is 24.3 Å². The van der Waals surface area contributed by atoms with Crippen molar-refractivity contribution in [2.24, 2.45) is 0 Å². The molecule has 0 atom stereocenters. The fourth-order valence-electron chi connectivity index (χ4n) is 1.74. The number of aromatic amines is 1. The summed E-state index contributed by atoms with van der Waals surface area (Å²) in [5, 5.41) is 0. The standard InChI is InChI=1S/C14H10N2O2/c17-9-10-4-3-5-11(8-10)18-14-15-12-6-1-2-7-13(12)16-14/h1-9H,(H,15,16). The Balaban J connectivity index is 1.93. The van der Waals surface area contributed by atoms with E-state index in [2.05, 4.69) is 9.97 Å². The molecule has 18 heavy (non-hydrogen) atoms. The summed E-state index contributed by atoms with van der Waals surface area (Å²) in [5.41, 5.74) is 2.33. The summed E-state index contributed by atoms with van der Waals surface area (Å²) >= 11 is 0. The van der Waals surface area contributed by atoms with E-state index in [1.165, 1.54) is 0 Å². The second-order valence-electron chi connectivity index (χ2n) is 3.85. The third kappa shape index (κ3) is 1.96. The van der Waals surface area contributed by atoms with E-state index in [-0.39, 0.29) is 0 Å². The van der Waals surface area contributed by atoms with E-state index in [0.717, 1.165) is 17.3 Å². The van der Waals surface area contributed by atoms with Gasteiger partial charge in [-0.1, -0.05) is 24.3 Å². The first-order chi connectivity index (χ1) is 8.85. The summed E-state index contributed by atoms with van der Waals surface area (Å²) < 4.78 is 5.58. The molecule has 4 nitrogen and oxygen atoms in total. The molecule has 88 valence electrons. The number of hydrogen-bond acceptors (Lipinski definition) is 3. The summed E-state index contributed by atoms with van der Waals surface area (Å²) in [4.78, 5) is 18.0. The average molecular weight is 238 g/mol. The van der Waals surface area contributed by atoms with Crippen molar-refractivity contribution >= 4 is 17.3 Å². The molecule has 0 fully saturated rings. The third-order valence-corrected chi connectivity index (χ3v) is 2.58. The molecule has 2 aromatic carbocycles. The van der Waals surface area contributed by atoms with Gasteiger partial charge in [-0.15, -0.1) is 0 Å².